The van der Waals surface area contributed by atoms with Crippen LogP contribution in [0.15, 0.2) is 60.8 Å². The molecule has 3 N–H and O–H groups in total. The SMILES string of the molecule is CCCC[C@H](N)c1cccc(-c2ccc3cnn(-c4cccc(CO)n4)c3c2)n1. The summed E-state index contributed by atoms with van der Waals surface area (Å²) >= 11 is 0. The van der Waals surface area contributed by atoms with E-state index in [0.29, 0.717) is 11.5 Å². The van der Waals surface area contributed by atoms with Gasteiger partial charge < -0.3 is 10.8 Å². The summed E-state index contributed by atoms with van der Waals surface area (Å²) in [6.45, 7) is 2.06. The minimum absolute atomic E-state index is 0.0467. The second-order valence-corrected chi connectivity index (χ2v) is 7.17. The smallest absolute Gasteiger partial charge is 0.154 e. The van der Waals surface area contributed by atoms with Gasteiger partial charge in [0.15, 0.2) is 5.82 Å². The molecule has 148 valence electrons. The number of rotatable bonds is 7. The van der Waals surface area contributed by atoms with Gasteiger partial charge in [-0.25, -0.2) is 9.67 Å². The Labute approximate surface area is 170 Å². The lowest BCUT2D eigenvalue weighted by atomic mass is 10.0. The van der Waals surface area contributed by atoms with Gasteiger partial charge in [0.25, 0.3) is 0 Å². The third kappa shape index (κ3) is 4.04. The fraction of sp³-hybridized carbons (Fsp3) is 0.261. The first-order chi connectivity index (χ1) is 14.2. The van der Waals surface area contributed by atoms with Crippen LogP contribution in [0.5, 0.6) is 0 Å². The number of hydrogen-bond acceptors (Lipinski definition) is 5. The Bertz CT molecular complexity index is 1120. The molecule has 4 aromatic rings. The van der Waals surface area contributed by atoms with Crippen molar-refractivity contribution in [2.45, 2.75) is 38.8 Å². The average Bonchev–Trinajstić information content (AvgIpc) is 3.21. The molecule has 0 radical (unpaired) electrons. The molecule has 0 saturated carbocycles. The maximum absolute atomic E-state index is 9.38. The number of hydrogen-bond donors (Lipinski definition) is 2. The van der Waals surface area contributed by atoms with Gasteiger partial charge in [-0.2, -0.15) is 5.10 Å². The average molecular weight is 387 g/mol. The molecule has 29 heavy (non-hydrogen) atoms. The zero-order valence-electron chi connectivity index (χ0n) is 16.5. The normalized spacial score (nSPS) is 12.4. The maximum Gasteiger partial charge on any atom is 0.154 e. The van der Waals surface area contributed by atoms with Crippen molar-refractivity contribution >= 4 is 10.9 Å². The largest absolute Gasteiger partial charge is 0.390 e. The summed E-state index contributed by atoms with van der Waals surface area (Å²) < 4.78 is 1.79. The van der Waals surface area contributed by atoms with Gasteiger partial charge in [0.05, 0.1) is 35.4 Å². The van der Waals surface area contributed by atoms with Crippen LogP contribution in [-0.4, -0.2) is 24.9 Å². The summed E-state index contributed by atoms with van der Waals surface area (Å²) in [6, 6.07) is 17.7. The fourth-order valence-corrected chi connectivity index (χ4v) is 3.42. The molecule has 6 nitrogen and oxygen atoms in total. The minimum atomic E-state index is -0.104. The van der Waals surface area contributed by atoms with Gasteiger partial charge in [-0.3, -0.25) is 4.98 Å². The molecule has 0 amide bonds. The molecule has 0 aliphatic carbocycles. The van der Waals surface area contributed by atoms with E-state index in [9.17, 15) is 5.11 Å². The van der Waals surface area contributed by atoms with Crippen molar-refractivity contribution in [2.75, 3.05) is 0 Å². The molecule has 0 aliphatic rings. The lowest BCUT2D eigenvalue weighted by molar-refractivity contribution is 0.276. The number of pyridine rings is 2. The molecule has 1 atom stereocenters. The maximum atomic E-state index is 9.38. The van der Waals surface area contributed by atoms with Gasteiger partial charge in [-0.15, -0.1) is 0 Å². The predicted molar refractivity (Wildman–Crippen MR) is 114 cm³/mol. The summed E-state index contributed by atoms with van der Waals surface area (Å²) in [5.41, 5.74) is 10.7. The van der Waals surface area contributed by atoms with Crippen molar-refractivity contribution in [3.05, 3.63) is 72.2 Å². The minimum Gasteiger partial charge on any atom is -0.390 e. The first-order valence-electron chi connectivity index (χ1n) is 9.97. The van der Waals surface area contributed by atoms with E-state index >= 15 is 0 Å². The predicted octanol–water partition coefficient (Wildman–Crippen LogP) is 4.16. The van der Waals surface area contributed by atoms with E-state index in [1.807, 2.05) is 42.6 Å². The summed E-state index contributed by atoms with van der Waals surface area (Å²) in [5, 5.41) is 14.9. The van der Waals surface area contributed by atoms with Crippen molar-refractivity contribution in [3.8, 4) is 17.1 Å². The third-order valence-electron chi connectivity index (χ3n) is 5.06. The van der Waals surface area contributed by atoms with Crippen molar-refractivity contribution in [1.82, 2.24) is 19.7 Å². The summed E-state index contributed by atoms with van der Waals surface area (Å²) in [5.74, 6) is 0.673. The molecule has 0 bridgehead atoms. The van der Waals surface area contributed by atoms with Crippen LogP contribution < -0.4 is 5.73 Å². The molecule has 0 unspecified atom stereocenters. The molecule has 0 spiro atoms. The summed E-state index contributed by atoms with van der Waals surface area (Å²) in [7, 11) is 0. The summed E-state index contributed by atoms with van der Waals surface area (Å²) in [4.78, 5) is 9.28. The van der Waals surface area contributed by atoms with Crippen molar-refractivity contribution < 1.29 is 5.11 Å². The zero-order valence-corrected chi connectivity index (χ0v) is 16.5. The molecule has 0 aliphatic heterocycles. The molecule has 0 fully saturated rings. The molecule has 0 saturated heterocycles. The van der Waals surface area contributed by atoms with Crippen molar-refractivity contribution in [2.24, 2.45) is 5.73 Å². The number of nitrogens with zero attached hydrogens (tertiary/aromatic N) is 4. The first kappa shape index (κ1) is 19.2. The first-order valence-corrected chi connectivity index (χ1v) is 9.97. The number of aromatic nitrogens is 4. The number of nitrogens with two attached hydrogens (primary N) is 1. The Hall–Kier alpha value is -3.09. The Kier molecular flexibility index (Phi) is 5.64. The highest BCUT2D eigenvalue weighted by molar-refractivity contribution is 5.84. The summed E-state index contributed by atoms with van der Waals surface area (Å²) in [6.07, 6.45) is 4.97. The monoisotopic (exact) mass is 387 g/mol. The zero-order chi connectivity index (χ0) is 20.2. The van der Waals surface area contributed by atoms with Crippen LogP contribution >= 0.6 is 0 Å². The van der Waals surface area contributed by atoms with Crippen LogP contribution in [0.2, 0.25) is 0 Å². The highest BCUT2D eigenvalue weighted by atomic mass is 16.3. The van der Waals surface area contributed by atoms with Gasteiger partial charge in [0.2, 0.25) is 0 Å². The molecule has 3 heterocycles. The fourth-order valence-electron chi connectivity index (χ4n) is 3.42. The lowest BCUT2D eigenvalue weighted by Crippen LogP contribution is -2.12. The Morgan fingerprint density at radius 1 is 1.07 bits per heavy atom. The van der Waals surface area contributed by atoms with Gasteiger partial charge >= 0.3 is 0 Å². The van der Waals surface area contributed by atoms with Gasteiger partial charge in [-0.05, 0) is 36.8 Å². The van der Waals surface area contributed by atoms with Gasteiger partial charge in [0, 0.05) is 17.0 Å². The highest BCUT2D eigenvalue weighted by Gasteiger charge is 2.11. The number of aliphatic hydroxyl groups excluding tert-OH is 1. The van der Waals surface area contributed by atoms with Crippen LogP contribution in [0.25, 0.3) is 28.0 Å². The van der Waals surface area contributed by atoms with E-state index in [1.54, 1.807) is 10.7 Å². The standard InChI is InChI=1S/C23H25N5O/c1-2-3-7-19(24)21-9-5-8-20(27-21)16-11-12-17-14-25-28(22(17)13-16)23-10-4-6-18(15-29)26-23/h4-6,8-14,19,29H,2-3,7,15,24H2,1H3/t19-/m0/s1. The molecule has 6 heteroatoms. The molecular formula is C23H25N5O. The van der Waals surface area contributed by atoms with Crippen molar-refractivity contribution in [1.29, 1.82) is 0 Å². The molecule has 1 aromatic carbocycles. The van der Waals surface area contributed by atoms with E-state index in [1.165, 1.54) is 0 Å². The Morgan fingerprint density at radius 2 is 1.93 bits per heavy atom. The topological polar surface area (TPSA) is 89.8 Å². The van der Waals surface area contributed by atoms with Gasteiger partial charge in [-0.1, -0.05) is 44.0 Å². The molecule has 3 aromatic heterocycles. The third-order valence-corrected chi connectivity index (χ3v) is 5.06. The Balaban J connectivity index is 1.72. The lowest BCUT2D eigenvalue weighted by Gasteiger charge is -2.12. The quantitative estimate of drug-likeness (QED) is 0.497. The van der Waals surface area contributed by atoms with Crippen LogP contribution in [0.3, 0.4) is 0 Å². The van der Waals surface area contributed by atoms with E-state index in [-0.39, 0.29) is 12.6 Å². The van der Waals surface area contributed by atoms with E-state index in [4.69, 9.17) is 10.7 Å². The number of fused-ring (bicyclic) bond motifs is 1. The van der Waals surface area contributed by atoms with E-state index in [2.05, 4.69) is 29.1 Å². The van der Waals surface area contributed by atoms with Crippen molar-refractivity contribution in [3.63, 3.8) is 0 Å². The van der Waals surface area contributed by atoms with Gasteiger partial charge in [0.1, 0.15) is 0 Å². The van der Waals surface area contributed by atoms with E-state index in [0.717, 1.165) is 47.1 Å². The number of benzene rings is 1. The van der Waals surface area contributed by atoms with Crippen LogP contribution in [0, 0.1) is 0 Å². The van der Waals surface area contributed by atoms with Crippen LogP contribution in [-0.2, 0) is 6.61 Å². The number of aliphatic hydroxyl groups is 1. The second kappa shape index (κ2) is 8.51. The highest BCUT2D eigenvalue weighted by Crippen LogP contribution is 2.26. The number of unbranched alkanes of at least 4 members (excludes halogenated alkanes) is 1. The second-order valence-electron chi connectivity index (χ2n) is 7.17. The van der Waals surface area contributed by atoms with Crippen LogP contribution in [0.1, 0.15) is 43.6 Å². The Morgan fingerprint density at radius 3 is 2.76 bits per heavy atom. The molecule has 4 rings (SSSR count). The molecular weight excluding hydrogens is 362 g/mol. The van der Waals surface area contributed by atoms with Crippen LogP contribution in [0.4, 0.5) is 0 Å². The van der Waals surface area contributed by atoms with E-state index < -0.39 is 0 Å².